The van der Waals surface area contributed by atoms with Gasteiger partial charge in [0.25, 0.3) is 21.8 Å². The minimum atomic E-state index is -4.12. The molecule has 4 rings (SSSR count). The first-order chi connectivity index (χ1) is 21.3. The van der Waals surface area contributed by atoms with Gasteiger partial charge < -0.3 is 19.5 Å². The molecule has 4 aromatic rings. The number of carbonyl (C=O) groups is 2. The summed E-state index contributed by atoms with van der Waals surface area (Å²) in [6, 6.07) is 28.6. The van der Waals surface area contributed by atoms with E-state index in [2.05, 4.69) is 15.8 Å². The number of sulfonamides is 1. The van der Waals surface area contributed by atoms with Crippen LogP contribution in [0.1, 0.15) is 11.1 Å². The van der Waals surface area contributed by atoms with Crippen LogP contribution < -0.4 is 29.3 Å². The first-order valence-electron chi connectivity index (χ1n) is 13.5. The van der Waals surface area contributed by atoms with Gasteiger partial charge in [-0.2, -0.15) is 5.10 Å². The van der Waals surface area contributed by atoms with Gasteiger partial charge in [0.05, 0.1) is 31.0 Å². The van der Waals surface area contributed by atoms with Gasteiger partial charge in [-0.25, -0.2) is 13.8 Å². The SMILES string of the molecule is COc1ccc(N(CC(=O)N/N=C\c2ccc(OCC(=O)NCc3ccccc3)cc2)S(=O)(=O)c2ccccc2)cc1OC. The van der Waals surface area contributed by atoms with E-state index in [0.29, 0.717) is 29.4 Å². The number of ether oxygens (including phenoxy) is 3. The van der Waals surface area contributed by atoms with E-state index in [1.54, 1.807) is 48.5 Å². The summed E-state index contributed by atoms with van der Waals surface area (Å²) in [4.78, 5) is 25.0. The summed E-state index contributed by atoms with van der Waals surface area (Å²) >= 11 is 0. The molecular formula is C32H32N4O7S. The van der Waals surface area contributed by atoms with E-state index in [4.69, 9.17) is 14.2 Å². The lowest BCUT2D eigenvalue weighted by atomic mass is 10.2. The molecule has 0 atom stereocenters. The quantitative estimate of drug-likeness (QED) is 0.163. The van der Waals surface area contributed by atoms with Crippen LogP contribution >= 0.6 is 0 Å². The second-order valence-corrected chi connectivity index (χ2v) is 11.1. The number of nitrogens with zero attached hydrogens (tertiary/aromatic N) is 2. The summed E-state index contributed by atoms with van der Waals surface area (Å²) in [5.74, 6) is 0.274. The van der Waals surface area contributed by atoms with E-state index in [-0.39, 0.29) is 23.1 Å². The summed E-state index contributed by atoms with van der Waals surface area (Å²) in [5, 5.41) is 6.76. The molecule has 4 aromatic carbocycles. The van der Waals surface area contributed by atoms with Gasteiger partial charge in [-0.15, -0.1) is 0 Å². The van der Waals surface area contributed by atoms with Crippen LogP contribution in [0.2, 0.25) is 0 Å². The van der Waals surface area contributed by atoms with Crippen LogP contribution in [0.3, 0.4) is 0 Å². The van der Waals surface area contributed by atoms with Crippen molar-refractivity contribution in [1.82, 2.24) is 10.7 Å². The highest BCUT2D eigenvalue weighted by molar-refractivity contribution is 7.92. The fourth-order valence-electron chi connectivity index (χ4n) is 4.01. The Morgan fingerprint density at radius 2 is 1.48 bits per heavy atom. The van der Waals surface area contributed by atoms with Crippen molar-refractivity contribution in [3.05, 3.63) is 114 Å². The normalized spacial score (nSPS) is 11.0. The van der Waals surface area contributed by atoms with Crippen molar-refractivity contribution in [3.63, 3.8) is 0 Å². The Labute approximate surface area is 256 Å². The Kier molecular flexibility index (Phi) is 10.9. The molecule has 0 saturated heterocycles. The monoisotopic (exact) mass is 616 g/mol. The molecule has 0 radical (unpaired) electrons. The van der Waals surface area contributed by atoms with Gasteiger partial charge >= 0.3 is 0 Å². The molecule has 0 unspecified atom stereocenters. The Hall–Kier alpha value is -5.36. The molecule has 0 saturated carbocycles. The third-order valence-electron chi connectivity index (χ3n) is 6.26. The number of hydrogen-bond donors (Lipinski definition) is 2. The largest absolute Gasteiger partial charge is 0.493 e. The summed E-state index contributed by atoms with van der Waals surface area (Å²) in [5.41, 5.74) is 4.20. The molecule has 0 aliphatic carbocycles. The number of hydrazone groups is 1. The maximum atomic E-state index is 13.5. The van der Waals surface area contributed by atoms with Crippen LogP contribution in [0.4, 0.5) is 5.69 Å². The van der Waals surface area contributed by atoms with Crippen LogP contribution in [-0.4, -0.2) is 53.8 Å². The molecular weight excluding hydrogens is 584 g/mol. The number of hydrogen-bond acceptors (Lipinski definition) is 8. The van der Waals surface area contributed by atoms with Gasteiger partial charge in [0.2, 0.25) is 0 Å². The zero-order chi connectivity index (χ0) is 31.4. The lowest BCUT2D eigenvalue weighted by Gasteiger charge is -2.24. The van der Waals surface area contributed by atoms with Crippen molar-refractivity contribution in [2.45, 2.75) is 11.4 Å². The smallest absolute Gasteiger partial charge is 0.264 e. The molecule has 12 heteroatoms. The molecule has 2 amide bonds. The van der Waals surface area contributed by atoms with E-state index < -0.39 is 22.5 Å². The Bertz CT molecular complexity index is 1680. The molecule has 0 aliphatic heterocycles. The Morgan fingerprint density at radius 1 is 0.818 bits per heavy atom. The zero-order valence-corrected chi connectivity index (χ0v) is 25.0. The van der Waals surface area contributed by atoms with Crippen molar-refractivity contribution in [2.75, 3.05) is 31.7 Å². The van der Waals surface area contributed by atoms with Gasteiger partial charge in [-0.1, -0.05) is 48.5 Å². The third-order valence-corrected chi connectivity index (χ3v) is 8.05. The first-order valence-corrected chi connectivity index (χ1v) is 14.9. The van der Waals surface area contributed by atoms with Crippen molar-refractivity contribution < 1.29 is 32.2 Å². The van der Waals surface area contributed by atoms with E-state index in [1.807, 2.05) is 30.3 Å². The number of anilines is 1. The Balaban J connectivity index is 1.36. The number of carbonyl (C=O) groups excluding carboxylic acids is 2. The molecule has 0 heterocycles. The first kappa shape index (κ1) is 31.6. The van der Waals surface area contributed by atoms with Crippen LogP contribution in [0.5, 0.6) is 17.2 Å². The topological polar surface area (TPSA) is 136 Å². The summed E-state index contributed by atoms with van der Waals surface area (Å²) in [6.07, 6.45) is 1.40. The zero-order valence-electron chi connectivity index (χ0n) is 24.2. The van der Waals surface area contributed by atoms with Crippen molar-refractivity contribution in [3.8, 4) is 17.2 Å². The lowest BCUT2D eigenvalue weighted by molar-refractivity contribution is -0.123. The van der Waals surface area contributed by atoms with Gasteiger partial charge in [0.1, 0.15) is 12.3 Å². The molecule has 11 nitrogen and oxygen atoms in total. The predicted molar refractivity (Wildman–Crippen MR) is 166 cm³/mol. The highest BCUT2D eigenvalue weighted by Gasteiger charge is 2.28. The standard InChI is InChI=1S/C32H32N4O7S/c1-41-29-18-15-26(19-30(29)42-2)36(44(39,40)28-11-7-4-8-12-28)22-31(37)35-34-21-25-13-16-27(17-14-25)43-23-32(38)33-20-24-9-5-3-6-10-24/h3-19,21H,20,22-23H2,1-2H3,(H,33,38)(H,35,37)/b34-21-. The summed E-state index contributed by atoms with van der Waals surface area (Å²) in [7, 11) is -1.22. The number of rotatable bonds is 14. The van der Waals surface area contributed by atoms with Gasteiger partial charge in [-0.05, 0) is 59.7 Å². The molecule has 0 aromatic heterocycles. The minimum Gasteiger partial charge on any atom is -0.493 e. The second kappa shape index (κ2) is 15.2. The average molecular weight is 617 g/mol. The van der Waals surface area contributed by atoms with E-state index in [0.717, 1.165) is 9.87 Å². The number of nitrogens with one attached hydrogen (secondary N) is 2. The maximum Gasteiger partial charge on any atom is 0.264 e. The molecule has 0 spiro atoms. The van der Waals surface area contributed by atoms with E-state index >= 15 is 0 Å². The minimum absolute atomic E-state index is 0.0158. The molecule has 0 aliphatic rings. The predicted octanol–water partition coefficient (Wildman–Crippen LogP) is 3.74. The molecule has 44 heavy (non-hydrogen) atoms. The van der Waals surface area contributed by atoms with E-state index in [1.165, 1.54) is 44.7 Å². The van der Waals surface area contributed by atoms with Gasteiger partial charge in [0.15, 0.2) is 18.1 Å². The Morgan fingerprint density at radius 3 is 2.14 bits per heavy atom. The summed E-state index contributed by atoms with van der Waals surface area (Å²) < 4.78 is 44.2. The molecule has 0 fully saturated rings. The number of benzene rings is 4. The second-order valence-electron chi connectivity index (χ2n) is 9.28. The van der Waals surface area contributed by atoms with Crippen LogP contribution in [0, 0.1) is 0 Å². The highest BCUT2D eigenvalue weighted by atomic mass is 32.2. The molecule has 228 valence electrons. The van der Waals surface area contributed by atoms with Gasteiger partial charge in [-0.3, -0.25) is 13.9 Å². The van der Waals surface area contributed by atoms with Crippen molar-refractivity contribution in [2.24, 2.45) is 5.10 Å². The lowest BCUT2D eigenvalue weighted by Crippen LogP contribution is -2.39. The number of methoxy groups -OCH3 is 2. The fraction of sp³-hybridized carbons (Fsp3) is 0.156. The molecule has 2 N–H and O–H groups in total. The summed E-state index contributed by atoms with van der Waals surface area (Å²) in [6.45, 7) is -0.281. The van der Waals surface area contributed by atoms with E-state index in [9.17, 15) is 18.0 Å². The van der Waals surface area contributed by atoms with Crippen molar-refractivity contribution in [1.29, 1.82) is 0 Å². The van der Waals surface area contributed by atoms with Gasteiger partial charge in [0, 0.05) is 12.6 Å². The average Bonchev–Trinajstić information content (AvgIpc) is 3.06. The highest BCUT2D eigenvalue weighted by Crippen LogP contribution is 2.33. The maximum absolute atomic E-state index is 13.5. The van der Waals surface area contributed by atoms with Crippen LogP contribution in [0.15, 0.2) is 113 Å². The van der Waals surface area contributed by atoms with Crippen LogP contribution in [-0.2, 0) is 26.2 Å². The molecule has 0 bridgehead atoms. The fourth-order valence-corrected chi connectivity index (χ4v) is 5.44. The number of amides is 2. The third kappa shape index (κ3) is 8.58. The van der Waals surface area contributed by atoms with Crippen molar-refractivity contribution >= 4 is 33.7 Å². The van der Waals surface area contributed by atoms with Crippen LogP contribution in [0.25, 0.3) is 0 Å².